The van der Waals surface area contributed by atoms with E-state index in [2.05, 4.69) is 45.3 Å². The lowest BCUT2D eigenvalue weighted by Gasteiger charge is -2.55. The van der Waals surface area contributed by atoms with E-state index in [0.717, 1.165) is 38.0 Å². The van der Waals surface area contributed by atoms with E-state index in [1.165, 1.54) is 22.9 Å². The van der Waals surface area contributed by atoms with Gasteiger partial charge in [0, 0.05) is 61.9 Å². The topological polar surface area (TPSA) is 84.2 Å². The Bertz CT molecular complexity index is 1070. The number of hydrogen-bond acceptors (Lipinski definition) is 4. The fourth-order valence-electron chi connectivity index (χ4n) is 5.89. The molecule has 3 aromatic rings. The molecule has 5 rings (SSSR count). The van der Waals surface area contributed by atoms with Crippen molar-refractivity contribution in [1.29, 1.82) is 0 Å². The van der Waals surface area contributed by atoms with Crippen LogP contribution in [0.2, 0.25) is 0 Å². The second-order valence-corrected chi connectivity index (χ2v) is 8.67. The van der Waals surface area contributed by atoms with Crippen LogP contribution in [0.15, 0.2) is 48.8 Å². The van der Waals surface area contributed by atoms with Crippen molar-refractivity contribution in [3.8, 4) is 0 Å². The Labute approximate surface area is 188 Å². The second-order valence-electron chi connectivity index (χ2n) is 8.67. The van der Waals surface area contributed by atoms with Crippen LogP contribution in [0.4, 0.5) is 0 Å². The number of carbonyl (C=O) groups excluding carboxylic acids is 1. The Hall–Kier alpha value is -2.41. The van der Waals surface area contributed by atoms with E-state index in [1.54, 1.807) is 6.20 Å². The number of aromatic amines is 1. The highest BCUT2D eigenvalue weighted by molar-refractivity contribution is 5.90. The summed E-state index contributed by atoms with van der Waals surface area (Å²) in [5.41, 5.74) is 8.99. The van der Waals surface area contributed by atoms with E-state index in [-0.39, 0.29) is 18.0 Å². The number of nitrogens with zero attached hydrogens (tertiary/aromatic N) is 2. The van der Waals surface area contributed by atoms with Crippen molar-refractivity contribution in [3.05, 3.63) is 65.6 Å². The average molecular weight is 441 g/mol. The van der Waals surface area contributed by atoms with Gasteiger partial charge in [0.2, 0.25) is 0 Å². The minimum atomic E-state index is -0.495. The lowest BCUT2D eigenvalue weighted by atomic mass is 9.62. The van der Waals surface area contributed by atoms with Crippen LogP contribution < -0.4 is 5.73 Å². The summed E-state index contributed by atoms with van der Waals surface area (Å²) in [5, 5.41) is 1.30. The number of H-pyrrole nitrogens is 1. The SMILES string of the molecule is CO[C@@]1(c2ccnc(C(N)=O)c2)[C@@H]2CCC[C@H]1CN(Cc1c[nH]c3ccccc13)C2.Cl. The van der Waals surface area contributed by atoms with Crippen molar-refractivity contribution in [1.82, 2.24) is 14.9 Å². The van der Waals surface area contributed by atoms with Crippen LogP contribution in [-0.4, -0.2) is 41.0 Å². The van der Waals surface area contributed by atoms with Crippen molar-refractivity contribution in [2.24, 2.45) is 17.6 Å². The molecule has 2 fully saturated rings. The fourth-order valence-corrected chi connectivity index (χ4v) is 5.89. The number of benzene rings is 1. The molecule has 2 aliphatic rings. The van der Waals surface area contributed by atoms with E-state index >= 15 is 0 Å². The summed E-state index contributed by atoms with van der Waals surface area (Å²) in [6.45, 7) is 2.87. The van der Waals surface area contributed by atoms with Crippen LogP contribution in [0.5, 0.6) is 0 Å². The van der Waals surface area contributed by atoms with Gasteiger partial charge in [-0.25, -0.2) is 0 Å². The number of nitrogens with one attached hydrogen (secondary N) is 1. The first-order valence-electron chi connectivity index (χ1n) is 10.7. The van der Waals surface area contributed by atoms with E-state index in [0.29, 0.717) is 17.5 Å². The third-order valence-corrected chi connectivity index (χ3v) is 7.15. The first kappa shape index (κ1) is 21.8. The highest BCUT2D eigenvalue weighted by atomic mass is 35.5. The number of hydrogen-bond donors (Lipinski definition) is 2. The summed E-state index contributed by atoms with van der Waals surface area (Å²) in [7, 11) is 1.81. The normalized spacial score (nSPS) is 25.8. The summed E-state index contributed by atoms with van der Waals surface area (Å²) in [5.74, 6) is 0.233. The highest BCUT2D eigenvalue weighted by Gasteiger charge is 2.53. The summed E-state index contributed by atoms with van der Waals surface area (Å²) in [6, 6.07) is 12.3. The molecule has 1 saturated carbocycles. The van der Waals surface area contributed by atoms with E-state index < -0.39 is 5.91 Å². The first-order valence-corrected chi connectivity index (χ1v) is 10.7. The van der Waals surface area contributed by atoms with Crippen LogP contribution >= 0.6 is 12.4 Å². The first-order chi connectivity index (χ1) is 14.6. The number of methoxy groups -OCH3 is 1. The molecule has 1 aromatic carbocycles. The smallest absolute Gasteiger partial charge is 0.267 e. The highest BCUT2D eigenvalue weighted by Crippen LogP contribution is 2.51. The minimum Gasteiger partial charge on any atom is -0.373 e. The molecular weight excluding hydrogens is 412 g/mol. The number of rotatable bonds is 5. The van der Waals surface area contributed by atoms with Gasteiger partial charge in [0.05, 0.1) is 0 Å². The number of amides is 1. The van der Waals surface area contributed by atoms with Gasteiger partial charge >= 0.3 is 0 Å². The number of ether oxygens (including phenoxy) is 1. The number of likely N-dealkylation sites (tertiary alicyclic amines) is 1. The summed E-state index contributed by atoms with van der Waals surface area (Å²) < 4.78 is 6.31. The number of para-hydroxylation sites is 1. The number of fused-ring (bicyclic) bond motifs is 3. The number of carbonyl (C=O) groups is 1. The number of aromatic nitrogens is 2. The molecule has 7 heteroatoms. The zero-order valence-corrected chi connectivity index (χ0v) is 18.5. The third kappa shape index (κ3) is 3.63. The van der Waals surface area contributed by atoms with E-state index in [9.17, 15) is 4.79 Å². The zero-order chi connectivity index (χ0) is 20.7. The van der Waals surface area contributed by atoms with Crippen molar-refractivity contribution in [3.63, 3.8) is 0 Å². The molecule has 1 saturated heterocycles. The Kier molecular flexibility index (Phi) is 6.06. The lowest BCUT2D eigenvalue weighted by Crippen LogP contribution is -2.58. The number of piperidine rings is 1. The maximum absolute atomic E-state index is 11.7. The second kappa shape index (κ2) is 8.61. The molecule has 2 aromatic heterocycles. The van der Waals surface area contributed by atoms with Gasteiger partial charge in [-0.15, -0.1) is 12.4 Å². The van der Waals surface area contributed by atoms with Gasteiger partial charge in [0.15, 0.2) is 0 Å². The van der Waals surface area contributed by atoms with E-state index in [4.69, 9.17) is 10.5 Å². The van der Waals surface area contributed by atoms with Gasteiger partial charge in [-0.3, -0.25) is 14.7 Å². The Morgan fingerprint density at radius 3 is 2.71 bits per heavy atom. The molecule has 6 nitrogen and oxygen atoms in total. The lowest BCUT2D eigenvalue weighted by molar-refractivity contribution is -0.170. The molecule has 0 spiro atoms. The molecule has 2 bridgehead atoms. The van der Waals surface area contributed by atoms with Crippen molar-refractivity contribution in [2.75, 3.05) is 20.2 Å². The summed E-state index contributed by atoms with van der Waals surface area (Å²) in [6.07, 6.45) is 7.27. The maximum Gasteiger partial charge on any atom is 0.267 e. The van der Waals surface area contributed by atoms with Gasteiger partial charge in [-0.05, 0) is 42.2 Å². The molecule has 1 aliphatic heterocycles. The van der Waals surface area contributed by atoms with Gasteiger partial charge < -0.3 is 15.5 Å². The Balaban J connectivity index is 0.00000231. The van der Waals surface area contributed by atoms with E-state index in [1.807, 2.05) is 19.2 Å². The predicted octanol–water partition coefficient (Wildman–Crippen LogP) is 3.86. The number of primary amides is 1. The molecule has 1 amide bonds. The number of halogens is 1. The third-order valence-electron chi connectivity index (χ3n) is 7.15. The maximum atomic E-state index is 11.7. The molecule has 3 heterocycles. The molecule has 164 valence electrons. The Morgan fingerprint density at radius 2 is 2.00 bits per heavy atom. The number of pyridine rings is 1. The molecule has 3 atom stereocenters. The van der Waals surface area contributed by atoms with Crippen LogP contribution in [0.3, 0.4) is 0 Å². The van der Waals surface area contributed by atoms with Crippen molar-refractivity contribution >= 4 is 29.2 Å². The minimum absolute atomic E-state index is 0. The molecule has 3 N–H and O–H groups in total. The zero-order valence-electron chi connectivity index (χ0n) is 17.7. The van der Waals surface area contributed by atoms with Crippen LogP contribution in [0.1, 0.15) is 40.9 Å². The van der Waals surface area contributed by atoms with Crippen LogP contribution in [-0.2, 0) is 16.9 Å². The predicted molar refractivity (Wildman–Crippen MR) is 123 cm³/mol. The largest absolute Gasteiger partial charge is 0.373 e. The van der Waals surface area contributed by atoms with Crippen molar-refractivity contribution in [2.45, 2.75) is 31.4 Å². The molecule has 31 heavy (non-hydrogen) atoms. The van der Waals surface area contributed by atoms with Crippen LogP contribution in [0, 0.1) is 11.8 Å². The summed E-state index contributed by atoms with van der Waals surface area (Å²) in [4.78, 5) is 21.8. The molecule has 0 radical (unpaired) electrons. The molecular formula is C24H29ClN4O2. The van der Waals surface area contributed by atoms with Gasteiger partial charge in [-0.2, -0.15) is 0 Å². The molecule has 1 aliphatic carbocycles. The van der Waals surface area contributed by atoms with Gasteiger partial charge in [0.25, 0.3) is 5.91 Å². The van der Waals surface area contributed by atoms with Gasteiger partial charge in [0.1, 0.15) is 11.3 Å². The average Bonchev–Trinajstić information content (AvgIpc) is 3.16. The van der Waals surface area contributed by atoms with Crippen LogP contribution in [0.25, 0.3) is 10.9 Å². The standard InChI is InChI=1S/C24H28N4O2.ClH/c1-30-24(17-9-10-26-22(11-17)23(25)29)18-5-4-6-19(24)15-28(14-18)13-16-12-27-21-8-3-2-7-20(16)21;/h2-3,7-12,18-19,27H,4-6,13-15H2,1H3,(H2,25,29);1H/t18-,19+,24+;. The summed E-state index contributed by atoms with van der Waals surface area (Å²) >= 11 is 0. The number of nitrogens with two attached hydrogens (primary N) is 1. The molecule has 0 unspecified atom stereocenters. The monoisotopic (exact) mass is 440 g/mol. The van der Waals surface area contributed by atoms with Crippen molar-refractivity contribution < 1.29 is 9.53 Å². The van der Waals surface area contributed by atoms with Gasteiger partial charge in [-0.1, -0.05) is 24.6 Å². The fraction of sp³-hybridized carbons (Fsp3) is 0.417. The quantitative estimate of drug-likeness (QED) is 0.631. The Morgan fingerprint density at radius 1 is 1.26 bits per heavy atom.